The van der Waals surface area contributed by atoms with Gasteiger partial charge in [0, 0.05) is 32.0 Å². The molecule has 6 nitrogen and oxygen atoms in total. The summed E-state index contributed by atoms with van der Waals surface area (Å²) < 4.78 is 7.13. The number of hydrogen-bond donors (Lipinski definition) is 1. The van der Waals surface area contributed by atoms with E-state index < -0.39 is 0 Å². The van der Waals surface area contributed by atoms with Crippen molar-refractivity contribution in [1.29, 1.82) is 0 Å². The SMILES string of the molecule is CCOC(=O)C1CN(c2cccc3nccn23)CCN1. The predicted molar refractivity (Wildman–Crippen MR) is 75.8 cm³/mol. The lowest BCUT2D eigenvalue weighted by molar-refractivity contribution is -0.145. The van der Waals surface area contributed by atoms with Crippen LogP contribution in [-0.4, -0.2) is 47.6 Å². The van der Waals surface area contributed by atoms with Crippen LogP contribution in [0.2, 0.25) is 0 Å². The molecule has 0 radical (unpaired) electrons. The average molecular weight is 274 g/mol. The number of imidazole rings is 1. The van der Waals surface area contributed by atoms with Crippen molar-refractivity contribution in [2.24, 2.45) is 0 Å². The molecule has 2 aromatic rings. The third-order valence-corrected chi connectivity index (χ3v) is 3.48. The smallest absolute Gasteiger partial charge is 0.324 e. The van der Waals surface area contributed by atoms with Gasteiger partial charge in [0.25, 0.3) is 0 Å². The first kappa shape index (κ1) is 12.9. The molecule has 0 aliphatic carbocycles. The maximum atomic E-state index is 11.9. The second-order valence-corrected chi connectivity index (χ2v) is 4.74. The first-order chi connectivity index (χ1) is 9.79. The highest BCUT2D eigenvalue weighted by Gasteiger charge is 2.27. The van der Waals surface area contributed by atoms with Crippen LogP contribution in [0, 0.1) is 0 Å². The summed E-state index contributed by atoms with van der Waals surface area (Å²) in [5, 5.41) is 3.20. The van der Waals surface area contributed by atoms with E-state index in [4.69, 9.17) is 4.74 Å². The van der Waals surface area contributed by atoms with Crippen molar-refractivity contribution in [3.8, 4) is 0 Å². The summed E-state index contributed by atoms with van der Waals surface area (Å²) in [4.78, 5) is 18.3. The molecule has 20 heavy (non-hydrogen) atoms. The third-order valence-electron chi connectivity index (χ3n) is 3.48. The van der Waals surface area contributed by atoms with Crippen molar-refractivity contribution in [3.63, 3.8) is 0 Å². The Balaban J connectivity index is 1.83. The van der Waals surface area contributed by atoms with E-state index in [0.717, 1.165) is 24.6 Å². The molecule has 1 aliphatic heterocycles. The molecule has 3 rings (SSSR count). The van der Waals surface area contributed by atoms with Crippen LogP contribution in [0.3, 0.4) is 0 Å². The molecule has 2 aromatic heterocycles. The highest BCUT2D eigenvalue weighted by molar-refractivity contribution is 5.77. The number of aromatic nitrogens is 2. The predicted octanol–water partition coefficient (Wildman–Crippen LogP) is 0.676. The van der Waals surface area contributed by atoms with Crippen molar-refractivity contribution in [3.05, 3.63) is 30.6 Å². The van der Waals surface area contributed by atoms with Gasteiger partial charge in [-0.3, -0.25) is 9.20 Å². The summed E-state index contributed by atoms with van der Waals surface area (Å²) in [5.41, 5.74) is 0.911. The highest BCUT2D eigenvalue weighted by atomic mass is 16.5. The molecule has 0 spiro atoms. The van der Waals surface area contributed by atoms with Gasteiger partial charge in [0.2, 0.25) is 0 Å². The third kappa shape index (κ3) is 2.34. The molecule has 0 aromatic carbocycles. The fourth-order valence-electron chi connectivity index (χ4n) is 2.55. The van der Waals surface area contributed by atoms with Crippen molar-refractivity contribution < 1.29 is 9.53 Å². The fourth-order valence-corrected chi connectivity index (χ4v) is 2.55. The van der Waals surface area contributed by atoms with Gasteiger partial charge in [0.05, 0.1) is 6.61 Å². The van der Waals surface area contributed by atoms with Crippen molar-refractivity contribution in [2.45, 2.75) is 13.0 Å². The second kappa shape index (κ2) is 5.50. The monoisotopic (exact) mass is 274 g/mol. The summed E-state index contributed by atoms with van der Waals surface area (Å²) in [5.74, 6) is 0.866. The maximum absolute atomic E-state index is 11.9. The summed E-state index contributed by atoms with van der Waals surface area (Å²) in [6, 6.07) is 5.72. The number of nitrogens with one attached hydrogen (secondary N) is 1. The Labute approximate surface area is 117 Å². The summed E-state index contributed by atoms with van der Waals surface area (Å²) >= 11 is 0. The Morgan fingerprint density at radius 2 is 2.45 bits per heavy atom. The highest BCUT2D eigenvalue weighted by Crippen LogP contribution is 2.18. The Morgan fingerprint density at radius 3 is 3.30 bits per heavy atom. The fraction of sp³-hybridized carbons (Fsp3) is 0.429. The van der Waals surface area contributed by atoms with Crippen molar-refractivity contribution in [2.75, 3.05) is 31.1 Å². The van der Waals surface area contributed by atoms with E-state index in [2.05, 4.69) is 15.2 Å². The number of esters is 1. The van der Waals surface area contributed by atoms with Gasteiger partial charge in [0.1, 0.15) is 17.5 Å². The summed E-state index contributed by atoms with van der Waals surface area (Å²) in [7, 11) is 0. The number of rotatable bonds is 3. The normalized spacial score (nSPS) is 19.2. The van der Waals surface area contributed by atoms with Crippen LogP contribution in [0.4, 0.5) is 5.82 Å². The Kier molecular flexibility index (Phi) is 3.56. The lowest BCUT2D eigenvalue weighted by Crippen LogP contribution is -2.55. The van der Waals surface area contributed by atoms with E-state index in [9.17, 15) is 4.79 Å². The van der Waals surface area contributed by atoms with E-state index in [0.29, 0.717) is 13.2 Å². The van der Waals surface area contributed by atoms with Gasteiger partial charge in [-0.2, -0.15) is 0 Å². The van der Waals surface area contributed by atoms with Gasteiger partial charge in [-0.15, -0.1) is 0 Å². The van der Waals surface area contributed by atoms with Gasteiger partial charge in [-0.1, -0.05) is 6.07 Å². The number of pyridine rings is 1. The van der Waals surface area contributed by atoms with E-state index in [1.807, 2.05) is 35.7 Å². The maximum Gasteiger partial charge on any atom is 0.324 e. The van der Waals surface area contributed by atoms with E-state index in [1.54, 1.807) is 6.20 Å². The molecule has 1 aliphatic rings. The molecule has 0 amide bonds. The average Bonchev–Trinajstić information content (AvgIpc) is 2.96. The Morgan fingerprint density at radius 1 is 1.55 bits per heavy atom. The van der Waals surface area contributed by atoms with E-state index in [-0.39, 0.29) is 12.0 Å². The Bertz CT molecular complexity index is 610. The lowest BCUT2D eigenvalue weighted by Gasteiger charge is -2.34. The van der Waals surface area contributed by atoms with Crippen LogP contribution in [0.15, 0.2) is 30.6 Å². The minimum atomic E-state index is -0.275. The van der Waals surface area contributed by atoms with Crippen LogP contribution in [0.5, 0.6) is 0 Å². The molecule has 106 valence electrons. The zero-order chi connectivity index (χ0) is 13.9. The van der Waals surface area contributed by atoms with E-state index >= 15 is 0 Å². The van der Waals surface area contributed by atoms with Crippen LogP contribution in [-0.2, 0) is 9.53 Å². The van der Waals surface area contributed by atoms with Gasteiger partial charge in [0.15, 0.2) is 0 Å². The molecule has 3 heterocycles. The number of fused-ring (bicyclic) bond motifs is 1. The van der Waals surface area contributed by atoms with Crippen LogP contribution in [0.25, 0.3) is 5.65 Å². The van der Waals surface area contributed by atoms with Crippen molar-refractivity contribution >= 4 is 17.4 Å². The molecular formula is C14H18N4O2. The number of piperazine rings is 1. The van der Waals surface area contributed by atoms with Crippen LogP contribution >= 0.6 is 0 Å². The van der Waals surface area contributed by atoms with E-state index in [1.165, 1.54) is 0 Å². The van der Waals surface area contributed by atoms with Gasteiger partial charge >= 0.3 is 5.97 Å². The number of nitrogens with zero attached hydrogens (tertiary/aromatic N) is 3. The standard InChI is InChI=1S/C14H18N4O2/c1-2-20-14(19)11-10-17(8-6-15-11)13-5-3-4-12-16-7-9-18(12)13/h3-5,7,9,11,15H,2,6,8,10H2,1H3. The molecular weight excluding hydrogens is 256 g/mol. The van der Waals surface area contributed by atoms with Gasteiger partial charge < -0.3 is 15.0 Å². The summed E-state index contributed by atoms with van der Waals surface area (Å²) in [6.45, 7) is 4.46. The largest absolute Gasteiger partial charge is 0.465 e. The van der Waals surface area contributed by atoms with Crippen molar-refractivity contribution in [1.82, 2.24) is 14.7 Å². The number of hydrogen-bond acceptors (Lipinski definition) is 5. The first-order valence-corrected chi connectivity index (χ1v) is 6.86. The minimum absolute atomic E-state index is 0.185. The number of ether oxygens (including phenoxy) is 1. The first-order valence-electron chi connectivity index (χ1n) is 6.86. The Hall–Kier alpha value is -2.08. The second-order valence-electron chi connectivity index (χ2n) is 4.74. The van der Waals surface area contributed by atoms with Crippen LogP contribution in [0.1, 0.15) is 6.92 Å². The molecule has 1 unspecified atom stereocenters. The molecule has 1 atom stereocenters. The zero-order valence-electron chi connectivity index (χ0n) is 11.5. The van der Waals surface area contributed by atoms with Gasteiger partial charge in [-0.25, -0.2) is 4.98 Å². The number of carbonyl (C=O) groups is 1. The van der Waals surface area contributed by atoms with Gasteiger partial charge in [-0.05, 0) is 19.1 Å². The quantitative estimate of drug-likeness (QED) is 0.834. The molecule has 1 saturated heterocycles. The number of anilines is 1. The molecule has 6 heteroatoms. The zero-order valence-corrected chi connectivity index (χ0v) is 11.5. The number of carbonyl (C=O) groups excluding carboxylic acids is 1. The molecule has 1 fully saturated rings. The minimum Gasteiger partial charge on any atom is -0.465 e. The summed E-state index contributed by atoms with van der Waals surface area (Å²) in [6.07, 6.45) is 3.72. The molecule has 1 N–H and O–H groups in total. The topological polar surface area (TPSA) is 58.9 Å². The molecule has 0 bridgehead atoms. The van der Waals surface area contributed by atoms with Crippen LogP contribution < -0.4 is 10.2 Å². The molecule has 0 saturated carbocycles. The lowest BCUT2D eigenvalue weighted by atomic mass is 10.2.